The van der Waals surface area contributed by atoms with E-state index in [1.165, 1.54) is 47.9 Å². The first-order valence-electron chi connectivity index (χ1n) is 19.1. The maximum atomic E-state index is 9.43. The smallest absolute Gasteiger partial charge is 0.135 e. The molecule has 5 nitrogen and oxygen atoms in total. The summed E-state index contributed by atoms with van der Waals surface area (Å²) < 4.78 is 0.670. The monoisotopic (exact) mass is 789 g/mol. The van der Waals surface area contributed by atoms with Gasteiger partial charge in [-0.05, 0) is 115 Å². The SMILES string of the molecule is CC(C)CCCC(C)(C)C1=NC(C2CCC[C@H](I)C2)=NC(c2ccc([C@@H]3CCC(c4ccc(C#N)cc4)C(c4ccc(C#N)cc4)C3)cc2)C=N1. The molecule has 0 aromatic heterocycles. The maximum absolute atomic E-state index is 9.43. The van der Waals surface area contributed by atoms with Gasteiger partial charge < -0.3 is 0 Å². The van der Waals surface area contributed by atoms with Crippen molar-refractivity contribution in [2.24, 2.45) is 32.2 Å². The first-order valence-corrected chi connectivity index (χ1v) is 20.3. The normalized spacial score (nSPS) is 25.3. The molecule has 3 aliphatic rings. The Kier molecular flexibility index (Phi) is 12.2. The molecule has 2 fully saturated rings. The van der Waals surface area contributed by atoms with Crippen molar-refractivity contribution in [1.82, 2.24) is 0 Å². The lowest BCUT2D eigenvalue weighted by Gasteiger charge is -2.37. The molecule has 1 heterocycles. The van der Waals surface area contributed by atoms with Crippen molar-refractivity contribution in [1.29, 1.82) is 10.5 Å². The van der Waals surface area contributed by atoms with Crippen LogP contribution >= 0.6 is 22.6 Å². The van der Waals surface area contributed by atoms with Crippen molar-refractivity contribution >= 4 is 40.5 Å². The molecule has 3 aromatic carbocycles. The zero-order valence-corrected chi connectivity index (χ0v) is 32.9. The molecule has 264 valence electrons. The lowest BCUT2D eigenvalue weighted by molar-refractivity contribution is 0.347. The molecule has 0 amide bonds. The van der Waals surface area contributed by atoms with E-state index in [0.29, 0.717) is 44.6 Å². The second-order valence-electron chi connectivity index (χ2n) is 16.1. The number of aliphatic imine (C=N–C) groups is 3. The van der Waals surface area contributed by atoms with Crippen LogP contribution < -0.4 is 0 Å². The van der Waals surface area contributed by atoms with Crippen LogP contribution in [0, 0.1) is 39.9 Å². The lowest BCUT2D eigenvalue weighted by atomic mass is 9.67. The third-order valence-electron chi connectivity index (χ3n) is 11.5. The van der Waals surface area contributed by atoms with E-state index in [0.717, 1.165) is 50.2 Å². The predicted molar refractivity (Wildman–Crippen MR) is 219 cm³/mol. The number of nitriles is 2. The van der Waals surface area contributed by atoms with Gasteiger partial charge in [-0.3, -0.25) is 4.99 Å². The number of benzene rings is 3. The van der Waals surface area contributed by atoms with E-state index >= 15 is 0 Å². The first kappa shape index (κ1) is 37.1. The Morgan fingerprint density at radius 3 is 1.96 bits per heavy atom. The van der Waals surface area contributed by atoms with Gasteiger partial charge in [0.1, 0.15) is 17.7 Å². The number of hydrogen-bond acceptors (Lipinski definition) is 5. The van der Waals surface area contributed by atoms with E-state index in [1.807, 2.05) is 24.3 Å². The van der Waals surface area contributed by atoms with E-state index < -0.39 is 0 Å². The third-order valence-corrected chi connectivity index (χ3v) is 12.7. The summed E-state index contributed by atoms with van der Waals surface area (Å²) in [6, 6.07) is 29.9. The zero-order valence-electron chi connectivity index (χ0n) is 30.7. The molecule has 2 aliphatic carbocycles. The molecule has 2 saturated carbocycles. The van der Waals surface area contributed by atoms with Crippen molar-refractivity contribution in [3.8, 4) is 12.1 Å². The van der Waals surface area contributed by atoms with Gasteiger partial charge in [0.2, 0.25) is 0 Å². The van der Waals surface area contributed by atoms with Gasteiger partial charge in [-0.25, -0.2) is 9.98 Å². The van der Waals surface area contributed by atoms with E-state index in [2.05, 4.69) is 117 Å². The van der Waals surface area contributed by atoms with Gasteiger partial charge in [0.05, 0.1) is 23.3 Å². The minimum atomic E-state index is -0.144. The van der Waals surface area contributed by atoms with E-state index in [9.17, 15) is 10.5 Å². The van der Waals surface area contributed by atoms with E-state index in [-0.39, 0.29) is 11.5 Å². The Bertz CT molecular complexity index is 1800. The van der Waals surface area contributed by atoms with Gasteiger partial charge in [-0.1, -0.05) is 118 Å². The minimum absolute atomic E-state index is 0.106. The van der Waals surface area contributed by atoms with Crippen molar-refractivity contribution in [3.63, 3.8) is 0 Å². The maximum Gasteiger partial charge on any atom is 0.135 e. The van der Waals surface area contributed by atoms with Crippen LogP contribution in [0.1, 0.15) is 149 Å². The molecular weight excluding hydrogens is 737 g/mol. The minimum Gasteiger partial charge on any atom is -0.256 e. The Morgan fingerprint density at radius 2 is 1.35 bits per heavy atom. The summed E-state index contributed by atoms with van der Waals surface area (Å²) in [6.07, 6.45) is 13.5. The zero-order chi connectivity index (χ0) is 36.0. The highest BCUT2D eigenvalue weighted by Gasteiger charge is 2.34. The summed E-state index contributed by atoms with van der Waals surface area (Å²) in [5, 5.41) is 18.8. The Hall–Kier alpha value is -3.62. The fraction of sp³-hybridized carbons (Fsp3) is 0.489. The number of halogens is 1. The van der Waals surface area contributed by atoms with Crippen molar-refractivity contribution < 1.29 is 0 Å². The van der Waals surface area contributed by atoms with Crippen LogP contribution in [0.2, 0.25) is 0 Å². The summed E-state index contributed by atoms with van der Waals surface area (Å²) in [7, 11) is 0. The van der Waals surface area contributed by atoms with Gasteiger partial charge in [-0.2, -0.15) is 10.5 Å². The van der Waals surface area contributed by atoms with Crippen LogP contribution in [0.3, 0.4) is 0 Å². The molecule has 3 aromatic rings. The number of nitrogens with zero attached hydrogens (tertiary/aromatic N) is 5. The molecule has 1 aliphatic heterocycles. The molecule has 0 spiro atoms. The number of amidine groups is 2. The largest absolute Gasteiger partial charge is 0.256 e. The quantitative estimate of drug-likeness (QED) is 0.151. The summed E-state index contributed by atoms with van der Waals surface area (Å²) >= 11 is 2.62. The Balaban J connectivity index is 1.24. The molecule has 6 atom stereocenters. The lowest BCUT2D eigenvalue weighted by Crippen LogP contribution is -2.27. The van der Waals surface area contributed by atoms with Crippen LogP contribution in [0.4, 0.5) is 0 Å². The first-order chi connectivity index (χ1) is 24.6. The van der Waals surface area contributed by atoms with Crippen molar-refractivity contribution in [2.75, 3.05) is 0 Å². The average Bonchev–Trinajstić information content (AvgIpc) is 3.39. The fourth-order valence-electron chi connectivity index (χ4n) is 8.41. The summed E-state index contributed by atoms with van der Waals surface area (Å²) in [5.74, 6) is 4.14. The number of rotatable bonds is 10. The molecular formula is C45H52IN5. The summed E-state index contributed by atoms with van der Waals surface area (Å²) in [5.41, 5.74) is 6.38. The second kappa shape index (κ2) is 16.8. The highest BCUT2D eigenvalue weighted by Crippen LogP contribution is 2.49. The van der Waals surface area contributed by atoms with E-state index in [1.54, 1.807) is 0 Å². The van der Waals surface area contributed by atoms with Crippen molar-refractivity contribution in [3.05, 3.63) is 106 Å². The molecule has 0 N–H and O–H groups in total. The molecule has 51 heavy (non-hydrogen) atoms. The number of hydrogen-bond donors (Lipinski definition) is 0. The topological polar surface area (TPSA) is 84.7 Å². The predicted octanol–water partition coefficient (Wildman–Crippen LogP) is 12.0. The van der Waals surface area contributed by atoms with Gasteiger partial charge >= 0.3 is 0 Å². The molecule has 6 heteroatoms. The van der Waals surface area contributed by atoms with Gasteiger partial charge in [0, 0.05) is 21.5 Å². The van der Waals surface area contributed by atoms with Crippen LogP contribution in [-0.2, 0) is 0 Å². The van der Waals surface area contributed by atoms with E-state index in [4.69, 9.17) is 15.0 Å². The third kappa shape index (κ3) is 9.25. The second-order valence-corrected chi connectivity index (χ2v) is 17.9. The van der Waals surface area contributed by atoms with Gasteiger partial charge in [0.15, 0.2) is 0 Å². The van der Waals surface area contributed by atoms with Crippen LogP contribution in [-0.4, -0.2) is 21.8 Å². The van der Waals surface area contributed by atoms with Crippen molar-refractivity contribution in [2.45, 2.75) is 120 Å². The Morgan fingerprint density at radius 1 is 0.745 bits per heavy atom. The molecule has 0 saturated heterocycles. The highest BCUT2D eigenvalue weighted by molar-refractivity contribution is 14.1. The van der Waals surface area contributed by atoms with Crippen LogP contribution in [0.5, 0.6) is 0 Å². The highest BCUT2D eigenvalue weighted by atomic mass is 127. The average molecular weight is 790 g/mol. The molecule has 0 radical (unpaired) electrons. The van der Waals surface area contributed by atoms with Gasteiger partial charge in [0.25, 0.3) is 0 Å². The summed E-state index contributed by atoms with van der Waals surface area (Å²) in [6.45, 7) is 9.21. The summed E-state index contributed by atoms with van der Waals surface area (Å²) in [4.78, 5) is 15.8. The molecule has 0 bridgehead atoms. The standard InChI is InChI=1S/C45H52IN5/c1-30(2)7-6-24-45(3,4)44-49-29-42(50-43(51-44)38-8-5-9-39(46)25-38)36-20-18-33(19-21-36)37-22-23-40(34-14-10-31(27-47)11-15-34)41(26-37)35-16-12-32(28-48)13-17-35/h10-21,29-30,37-42H,5-9,22-26H2,1-4H3/t37-,38?,39+,40?,41?,42?/m1/s1. The number of alkyl halides is 1. The van der Waals surface area contributed by atoms with Crippen LogP contribution in [0.15, 0.2) is 87.8 Å². The molecule has 6 rings (SSSR count). The van der Waals surface area contributed by atoms with Gasteiger partial charge in [-0.15, -0.1) is 0 Å². The molecule has 4 unspecified atom stereocenters. The van der Waals surface area contributed by atoms with Crippen LogP contribution in [0.25, 0.3) is 0 Å². The Labute approximate surface area is 319 Å². The fourth-order valence-corrected chi connectivity index (χ4v) is 9.47.